The summed E-state index contributed by atoms with van der Waals surface area (Å²) < 4.78 is 17.2. The zero-order chi connectivity index (χ0) is 48.4. The number of nitrogens with zero attached hydrogens (tertiary/aromatic N) is 1. The lowest BCUT2D eigenvalue weighted by atomic mass is 10.0. The van der Waals surface area contributed by atoms with Crippen molar-refractivity contribution in [1.29, 1.82) is 0 Å². The third kappa shape index (κ3) is 45.4. The van der Waals surface area contributed by atoms with Crippen LogP contribution in [0, 0.1) is 0 Å². The van der Waals surface area contributed by atoms with Gasteiger partial charge in [0.15, 0.2) is 6.10 Å². The van der Waals surface area contributed by atoms with E-state index in [0.29, 0.717) is 12.8 Å². The third-order valence-corrected chi connectivity index (χ3v) is 11.4. The third-order valence-electron chi connectivity index (χ3n) is 11.4. The van der Waals surface area contributed by atoms with Crippen LogP contribution >= 0.6 is 0 Å². The summed E-state index contributed by atoms with van der Waals surface area (Å²) in [5, 5.41) is 11.7. The first kappa shape index (κ1) is 62.2. The van der Waals surface area contributed by atoms with Crippen molar-refractivity contribution in [3.63, 3.8) is 0 Å². The van der Waals surface area contributed by atoms with Gasteiger partial charge in [0, 0.05) is 19.3 Å². The van der Waals surface area contributed by atoms with Gasteiger partial charge in [-0.2, -0.15) is 0 Å². The summed E-state index contributed by atoms with van der Waals surface area (Å²) in [5.74, 6) is -1.81. The van der Waals surface area contributed by atoms with Crippen molar-refractivity contribution in [2.75, 3.05) is 41.0 Å². The largest absolute Gasteiger partial charge is 0.544 e. The van der Waals surface area contributed by atoms with Crippen LogP contribution in [-0.2, 0) is 28.6 Å². The van der Waals surface area contributed by atoms with E-state index in [-0.39, 0.29) is 49.1 Å². The van der Waals surface area contributed by atoms with Gasteiger partial charge in [-0.15, -0.1) is 0 Å². The minimum absolute atomic E-state index is 0.0182. The van der Waals surface area contributed by atoms with Crippen molar-refractivity contribution in [1.82, 2.24) is 0 Å². The number of hydrogen-bond acceptors (Lipinski definition) is 7. The summed E-state index contributed by atoms with van der Waals surface area (Å²) in [7, 11) is 5.39. The number of allylic oxidation sites excluding steroid dienone is 16. The Balaban J connectivity index is 4.33. The van der Waals surface area contributed by atoms with Gasteiger partial charge in [-0.05, 0) is 57.8 Å². The van der Waals surface area contributed by atoms with Gasteiger partial charge in [0.2, 0.25) is 0 Å². The van der Waals surface area contributed by atoms with Crippen molar-refractivity contribution in [3.05, 3.63) is 97.2 Å². The summed E-state index contributed by atoms with van der Waals surface area (Å²) in [6.45, 7) is 4.47. The Bertz CT molecular complexity index is 1400. The maximum atomic E-state index is 12.8. The maximum absolute atomic E-state index is 12.8. The number of carboxylic acids is 1. The molecule has 8 heteroatoms. The number of carbonyl (C=O) groups is 3. The number of ether oxygens (including phenoxy) is 3. The second-order valence-electron chi connectivity index (χ2n) is 18.6. The zero-order valence-electron chi connectivity index (χ0n) is 42.8. The first-order valence-corrected chi connectivity index (χ1v) is 26.4. The molecule has 0 aromatic rings. The molecule has 0 aliphatic heterocycles. The van der Waals surface area contributed by atoms with Gasteiger partial charge in [0.05, 0.1) is 40.3 Å². The second kappa shape index (κ2) is 47.7. The predicted octanol–water partition coefficient (Wildman–Crippen LogP) is 14.1. The lowest BCUT2D eigenvalue weighted by molar-refractivity contribution is -0.889. The van der Waals surface area contributed by atoms with Crippen LogP contribution < -0.4 is 5.11 Å². The molecule has 0 saturated heterocycles. The highest BCUT2D eigenvalue weighted by Gasteiger charge is 2.25. The molecule has 0 radical (unpaired) electrons. The van der Waals surface area contributed by atoms with Crippen molar-refractivity contribution >= 4 is 17.9 Å². The van der Waals surface area contributed by atoms with Crippen molar-refractivity contribution < 1.29 is 38.2 Å². The standard InChI is InChI=1S/C58H97NO7/c1-6-8-10-12-14-16-18-20-22-24-26-27-28-29-31-33-35-37-39-41-43-45-47-49-57(61)66-54(52-64-51-50-55(58(62)63)59(3,4)5)53-65-56(60)48-46-44-42-40-38-36-34-32-30-25-23-21-19-17-15-13-11-9-7-2/h9,11,13,15,17,19,21,23,25,29-32,34,36,38,54-55H,6-8,10,12,14,16,18,20,22,24,26-28,33,35,37,39-53H2,1-5H3/b11-9+,15-13+,19-17+,23-21+,30-25+,31-29+,34-32+,38-36+. The topological polar surface area (TPSA) is 102 Å². The van der Waals surface area contributed by atoms with Crippen molar-refractivity contribution in [3.8, 4) is 0 Å². The predicted molar refractivity (Wildman–Crippen MR) is 277 cm³/mol. The van der Waals surface area contributed by atoms with E-state index in [0.717, 1.165) is 44.9 Å². The smallest absolute Gasteiger partial charge is 0.306 e. The molecule has 376 valence electrons. The minimum atomic E-state index is -1.14. The molecule has 0 rings (SSSR count). The Hall–Kier alpha value is -3.75. The molecule has 0 aliphatic rings. The van der Waals surface area contributed by atoms with Gasteiger partial charge in [-0.1, -0.05) is 220 Å². The summed E-state index contributed by atoms with van der Waals surface area (Å²) >= 11 is 0. The molecule has 2 unspecified atom stereocenters. The summed E-state index contributed by atoms with van der Waals surface area (Å²) in [6, 6.07) is -0.740. The number of rotatable bonds is 46. The number of carboxylic acid groups (broad SMARTS) is 1. The van der Waals surface area contributed by atoms with E-state index in [1.807, 2.05) is 72.9 Å². The van der Waals surface area contributed by atoms with Gasteiger partial charge in [0.25, 0.3) is 0 Å². The highest BCUT2D eigenvalue weighted by atomic mass is 16.6. The summed E-state index contributed by atoms with van der Waals surface area (Å²) in [6.07, 6.45) is 64.4. The van der Waals surface area contributed by atoms with E-state index in [4.69, 9.17) is 14.2 Å². The van der Waals surface area contributed by atoms with Crippen LogP contribution in [0.4, 0.5) is 0 Å². The SMILES string of the molecule is CC/C=C/C=C/C=C/C=C/C=C/C=C/C=C/CCCCCC(=O)OCC(COCCC(C(=O)[O-])[N+](C)(C)C)OC(=O)CCCCCCCCC/C=C/CCCCCCCCCCCCCC. The fourth-order valence-electron chi connectivity index (χ4n) is 7.34. The van der Waals surface area contributed by atoms with Crippen LogP contribution in [0.2, 0.25) is 0 Å². The molecule has 0 amide bonds. The van der Waals surface area contributed by atoms with Gasteiger partial charge in [0.1, 0.15) is 12.6 Å². The van der Waals surface area contributed by atoms with E-state index in [1.165, 1.54) is 116 Å². The molecular weight excluding hydrogens is 823 g/mol. The maximum Gasteiger partial charge on any atom is 0.306 e. The Kier molecular flexibility index (Phi) is 45.0. The normalized spacial score (nSPS) is 13.7. The molecule has 0 aliphatic carbocycles. The van der Waals surface area contributed by atoms with E-state index in [9.17, 15) is 19.5 Å². The number of unbranched alkanes of at least 4 members (excludes halogenated alkanes) is 22. The Morgan fingerprint density at radius 3 is 1.32 bits per heavy atom. The highest BCUT2D eigenvalue weighted by Crippen LogP contribution is 2.15. The lowest BCUT2D eigenvalue weighted by Crippen LogP contribution is -2.55. The first-order valence-electron chi connectivity index (χ1n) is 26.4. The minimum Gasteiger partial charge on any atom is -0.544 e. The Labute approximate surface area is 405 Å². The van der Waals surface area contributed by atoms with Crippen LogP contribution in [0.1, 0.15) is 200 Å². The van der Waals surface area contributed by atoms with Gasteiger partial charge in [-0.25, -0.2) is 0 Å². The number of aliphatic carboxylic acids is 1. The van der Waals surface area contributed by atoms with Crippen molar-refractivity contribution in [2.24, 2.45) is 0 Å². The molecule has 0 heterocycles. The van der Waals surface area contributed by atoms with Crippen LogP contribution in [0.5, 0.6) is 0 Å². The highest BCUT2D eigenvalue weighted by molar-refractivity contribution is 5.70. The zero-order valence-corrected chi connectivity index (χ0v) is 42.8. The molecule has 0 saturated carbocycles. The second-order valence-corrected chi connectivity index (χ2v) is 18.6. The Morgan fingerprint density at radius 2 is 0.864 bits per heavy atom. The van der Waals surface area contributed by atoms with Crippen molar-refractivity contribution in [2.45, 2.75) is 212 Å². The molecular formula is C58H97NO7. The summed E-state index contributed by atoms with van der Waals surface area (Å²) in [5.41, 5.74) is 0. The summed E-state index contributed by atoms with van der Waals surface area (Å²) in [4.78, 5) is 37.1. The van der Waals surface area contributed by atoms with Gasteiger partial charge >= 0.3 is 11.9 Å². The number of quaternary nitrogens is 1. The fraction of sp³-hybridized carbons (Fsp3) is 0.672. The number of likely N-dealkylation sites (N-methyl/N-ethyl adjacent to an activating group) is 1. The first-order chi connectivity index (χ1) is 32.1. The number of carbonyl (C=O) groups excluding carboxylic acids is 3. The fourth-order valence-corrected chi connectivity index (χ4v) is 7.34. The molecule has 8 nitrogen and oxygen atoms in total. The molecule has 66 heavy (non-hydrogen) atoms. The van der Waals surface area contributed by atoms with E-state index >= 15 is 0 Å². The number of esters is 2. The number of hydrogen-bond donors (Lipinski definition) is 0. The van der Waals surface area contributed by atoms with Crippen LogP contribution in [0.15, 0.2) is 97.2 Å². The van der Waals surface area contributed by atoms with E-state index in [1.54, 1.807) is 21.1 Å². The quantitative estimate of drug-likeness (QED) is 0.0197. The monoisotopic (exact) mass is 920 g/mol. The molecule has 0 aromatic carbocycles. The molecule has 0 bridgehead atoms. The van der Waals surface area contributed by atoms with Crippen LogP contribution in [0.25, 0.3) is 0 Å². The van der Waals surface area contributed by atoms with Crippen LogP contribution in [0.3, 0.4) is 0 Å². The van der Waals surface area contributed by atoms with E-state index in [2.05, 4.69) is 38.2 Å². The molecule has 0 fully saturated rings. The molecule has 0 N–H and O–H groups in total. The average Bonchev–Trinajstić information content (AvgIpc) is 3.28. The molecule has 0 spiro atoms. The van der Waals surface area contributed by atoms with Crippen LogP contribution in [-0.4, -0.2) is 75.5 Å². The lowest BCUT2D eigenvalue weighted by Gasteiger charge is -2.34. The van der Waals surface area contributed by atoms with E-state index < -0.39 is 18.1 Å². The van der Waals surface area contributed by atoms with Gasteiger partial charge < -0.3 is 28.6 Å². The average molecular weight is 920 g/mol. The molecule has 0 aromatic heterocycles. The molecule has 2 atom stereocenters. The van der Waals surface area contributed by atoms with Gasteiger partial charge in [-0.3, -0.25) is 9.59 Å². The Morgan fingerprint density at radius 1 is 0.470 bits per heavy atom.